The van der Waals surface area contributed by atoms with E-state index in [2.05, 4.69) is 26.3 Å². The van der Waals surface area contributed by atoms with Gasteiger partial charge < -0.3 is 15.0 Å². The topological polar surface area (TPSA) is 62.8 Å². The number of H-pyrrole nitrogens is 1. The highest BCUT2D eigenvalue weighted by Gasteiger charge is 2.06. The Morgan fingerprint density at radius 3 is 3.11 bits per heavy atom. The number of pyridine rings is 1. The predicted molar refractivity (Wildman–Crippen MR) is 70.5 cm³/mol. The Bertz CT molecular complexity index is 461. The molecule has 0 saturated heterocycles. The minimum absolute atomic E-state index is 0.709. The van der Waals surface area contributed by atoms with Gasteiger partial charge in [0.05, 0.1) is 6.61 Å². The first-order valence-electron chi connectivity index (χ1n) is 5.71. The van der Waals surface area contributed by atoms with Crippen LogP contribution >= 0.6 is 11.8 Å². The van der Waals surface area contributed by atoms with Crippen molar-refractivity contribution < 1.29 is 4.74 Å². The SMILES string of the molecule is COCCNCc1cccnc1Sc1ncc[nH]1. The molecule has 6 heteroatoms. The normalized spacial score (nSPS) is 10.7. The van der Waals surface area contributed by atoms with Crippen LogP contribution in [0.4, 0.5) is 0 Å². The second kappa shape index (κ2) is 7.15. The molecule has 5 nitrogen and oxygen atoms in total. The molecular weight excluding hydrogens is 248 g/mol. The van der Waals surface area contributed by atoms with Crippen molar-refractivity contribution in [3.05, 3.63) is 36.3 Å². The molecule has 0 aliphatic rings. The summed E-state index contributed by atoms with van der Waals surface area (Å²) in [4.78, 5) is 11.6. The second-order valence-electron chi connectivity index (χ2n) is 3.63. The lowest BCUT2D eigenvalue weighted by Crippen LogP contribution is -2.19. The molecule has 2 aromatic rings. The monoisotopic (exact) mass is 264 g/mol. The van der Waals surface area contributed by atoms with E-state index >= 15 is 0 Å². The zero-order valence-electron chi connectivity index (χ0n) is 10.2. The van der Waals surface area contributed by atoms with Crippen LogP contribution < -0.4 is 5.32 Å². The van der Waals surface area contributed by atoms with Crippen LogP contribution in [0.2, 0.25) is 0 Å². The van der Waals surface area contributed by atoms with Gasteiger partial charge in [-0.15, -0.1) is 0 Å². The fourth-order valence-electron chi connectivity index (χ4n) is 1.45. The molecule has 96 valence electrons. The molecule has 2 rings (SSSR count). The Kier molecular flexibility index (Phi) is 5.19. The van der Waals surface area contributed by atoms with E-state index in [-0.39, 0.29) is 0 Å². The maximum atomic E-state index is 5.00. The van der Waals surface area contributed by atoms with Gasteiger partial charge in [-0.25, -0.2) is 9.97 Å². The molecule has 0 amide bonds. The van der Waals surface area contributed by atoms with E-state index < -0.39 is 0 Å². The first-order valence-corrected chi connectivity index (χ1v) is 6.52. The molecular formula is C12H16N4OS. The second-order valence-corrected chi connectivity index (χ2v) is 4.61. The molecule has 0 aliphatic heterocycles. The van der Waals surface area contributed by atoms with Gasteiger partial charge in [-0.2, -0.15) is 0 Å². The van der Waals surface area contributed by atoms with Crippen molar-refractivity contribution in [2.24, 2.45) is 0 Å². The summed E-state index contributed by atoms with van der Waals surface area (Å²) in [5.41, 5.74) is 1.16. The highest BCUT2D eigenvalue weighted by atomic mass is 32.2. The van der Waals surface area contributed by atoms with Gasteiger partial charge in [0.1, 0.15) is 5.03 Å². The van der Waals surface area contributed by atoms with E-state index in [4.69, 9.17) is 4.74 Å². The first kappa shape index (κ1) is 13.1. The van der Waals surface area contributed by atoms with Crippen molar-refractivity contribution in [2.75, 3.05) is 20.3 Å². The quantitative estimate of drug-likeness (QED) is 0.745. The molecule has 2 aromatic heterocycles. The van der Waals surface area contributed by atoms with Crippen molar-refractivity contribution in [3.63, 3.8) is 0 Å². The molecule has 2 N–H and O–H groups in total. The Labute approximate surface area is 110 Å². The number of nitrogens with zero attached hydrogens (tertiary/aromatic N) is 2. The fraction of sp³-hybridized carbons (Fsp3) is 0.333. The molecule has 0 atom stereocenters. The lowest BCUT2D eigenvalue weighted by molar-refractivity contribution is 0.199. The van der Waals surface area contributed by atoms with Crippen LogP contribution in [0.25, 0.3) is 0 Å². The van der Waals surface area contributed by atoms with Gasteiger partial charge in [0.25, 0.3) is 0 Å². The average molecular weight is 264 g/mol. The van der Waals surface area contributed by atoms with Crippen LogP contribution in [0.15, 0.2) is 40.9 Å². The van der Waals surface area contributed by atoms with Crippen LogP contribution in [-0.4, -0.2) is 35.2 Å². The van der Waals surface area contributed by atoms with Crippen LogP contribution in [-0.2, 0) is 11.3 Å². The summed E-state index contributed by atoms with van der Waals surface area (Å²) < 4.78 is 5.00. The van der Waals surface area contributed by atoms with E-state index in [9.17, 15) is 0 Å². The van der Waals surface area contributed by atoms with Crippen LogP contribution in [0.1, 0.15) is 5.56 Å². The minimum atomic E-state index is 0.709. The van der Waals surface area contributed by atoms with Crippen molar-refractivity contribution >= 4 is 11.8 Å². The summed E-state index contributed by atoms with van der Waals surface area (Å²) in [6, 6.07) is 4.01. The summed E-state index contributed by atoms with van der Waals surface area (Å²) in [7, 11) is 1.70. The average Bonchev–Trinajstić information content (AvgIpc) is 2.89. The number of hydrogen-bond acceptors (Lipinski definition) is 5. The summed E-state index contributed by atoms with van der Waals surface area (Å²) in [6.45, 7) is 2.32. The Balaban J connectivity index is 1.97. The number of nitrogens with one attached hydrogen (secondary N) is 2. The third kappa shape index (κ3) is 3.83. The highest BCUT2D eigenvalue weighted by molar-refractivity contribution is 7.99. The van der Waals surface area contributed by atoms with Gasteiger partial charge in [-0.3, -0.25) is 0 Å². The van der Waals surface area contributed by atoms with Gasteiger partial charge in [-0.1, -0.05) is 6.07 Å². The van der Waals surface area contributed by atoms with Gasteiger partial charge in [0.2, 0.25) is 0 Å². The Hall–Kier alpha value is -1.37. The molecule has 0 unspecified atom stereocenters. The minimum Gasteiger partial charge on any atom is -0.383 e. The summed E-state index contributed by atoms with van der Waals surface area (Å²) in [5, 5.41) is 5.14. The number of aromatic amines is 1. The summed E-state index contributed by atoms with van der Waals surface area (Å²) >= 11 is 1.54. The van der Waals surface area contributed by atoms with Gasteiger partial charge in [0.15, 0.2) is 5.16 Å². The maximum absolute atomic E-state index is 5.00. The fourth-order valence-corrected chi connectivity index (χ4v) is 2.25. The molecule has 0 aromatic carbocycles. The van der Waals surface area contributed by atoms with Gasteiger partial charge >= 0.3 is 0 Å². The van der Waals surface area contributed by atoms with Crippen molar-refractivity contribution in [2.45, 2.75) is 16.7 Å². The number of imidazole rings is 1. The molecule has 0 aliphatic carbocycles. The van der Waals surface area contributed by atoms with E-state index in [1.807, 2.05) is 12.3 Å². The summed E-state index contributed by atoms with van der Waals surface area (Å²) in [6.07, 6.45) is 5.34. The van der Waals surface area contributed by atoms with E-state index in [0.29, 0.717) is 6.61 Å². The number of ether oxygens (including phenoxy) is 1. The van der Waals surface area contributed by atoms with Crippen molar-refractivity contribution in [1.29, 1.82) is 0 Å². The van der Waals surface area contributed by atoms with Crippen molar-refractivity contribution in [3.8, 4) is 0 Å². The number of aromatic nitrogens is 3. The molecule has 0 fully saturated rings. The molecule has 0 bridgehead atoms. The molecule has 2 heterocycles. The zero-order valence-corrected chi connectivity index (χ0v) is 11.0. The van der Waals surface area contributed by atoms with E-state index in [1.54, 1.807) is 19.5 Å². The predicted octanol–water partition coefficient (Wildman–Crippen LogP) is 1.69. The smallest absolute Gasteiger partial charge is 0.171 e. The van der Waals surface area contributed by atoms with E-state index in [0.717, 1.165) is 28.8 Å². The molecule has 0 saturated carbocycles. The highest BCUT2D eigenvalue weighted by Crippen LogP contribution is 2.25. The lowest BCUT2D eigenvalue weighted by Gasteiger charge is -2.07. The van der Waals surface area contributed by atoms with Crippen LogP contribution in [0, 0.1) is 0 Å². The first-order chi connectivity index (χ1) is 8.90. The Morgan fingerprint density at radius 1 is 1.39 bits per heavy atom. The lowest BCUT2D eigenvalue weighted by atomic mass is 10.3. The largest absolute Gasteiger partial charge is 0.383 e. The van der Waals surface area contributed by atoms with Crippen molar-refractivity contribution in [1.82, 2.24) is 20.3 Å². The Morgan fingerprint density at radius 2 is 2.33 bits per heavy atom. The summed E-state index contributed by atoms with van der Waals surface area (Å²) in [5.74, 6) is 0. The van der Waals surface area contributed by atoms with Gasteiger partial charge in [-0.05, 0) is 23.4 Å². The van der Waals surface area contributed by atoms with Gasteiger partial charge in [0, 0.05) is 38.8 Å². The zero-order chi connectivity index (χ0) is 12.6. The third-order valence-electron chi connectivity index (χ3n) is 2.31. The number of rotatable bonds is 7. The van der Waals surface area contributed by atoms with E-state index in [1.165, 1.54) is 11.8 Å². The van der Waals surface area contributed by atoms with Crippen LogP contribution in [0.3, 0.4) is 0 Å². The molecule has 0 spiro atoms. The molecule has 18 heavy (non-hydrogen) atoms. The number of methoxy groups -OCH3 is 1. The standard InChI is InChI=1S/C12H16N4OS/c1-17-8-7-13-9-10-3-2-4-14-11(10)18-12-15-5-6-16-12/h2-6,13H,7-9H2,1H3,(H,15,16). The maximum Gasteiger partial charge on any atom is 0.171 e. The third-order valence-corrected chi connectivity index (χ3v) is 3.29. The molecule has 0 radical (unpaired) electrons. The van der Waals surface area contributed by atoms with Crippen LogP contribution in [0.5, 0.6) is 0 Å². The number of hydrogen-bond donors (Lipinski definition) is 2.